The molecule has 0 radical (unpaired) electrons. The zero-order valence-electron chi connectivity index (χ0n) is 18.9. The summed E-state index contributed by atoms with van der Waals surface area (Å²) in [5.74, 6) is 1.88. The van der Waals surface area contributed by atoms with E-state index >= 15 is 0 Å². The molecule has 6 nitrogen and oxygen atoms in total. The highest BCUT2D eigenvalue weighted by Crippen LogP contribution is 2.42. The number of rotatable bonds is 5. The van der Waals surface area contributed by atoms with Gasteiger partial charge in [-0.1, -0.05) is 6.08 Å². The molecule has 5 atom stereocenters. The molecule has 3 fully saturated rings. The van der Waals surface area contributed by atoms with Crippen LogP contribution >= 0.6 is 0 Å². The third kappa shape index (κ3) is 4.54. The van der Waals surface area contributed by atoms with Crippen LogP contribution in [0.2, 0.25) is 0 Å². The van der Waals surface area contributed by atoms with Crippen molar-refractivity contribution in [2.75, 3.05) is 20.2 Å². The maximum absolute atomic E-state index is 12.9. The van der Waals surface area contributed by atoms with Crippen LogP contribution in [-0.4, -0.2) is 47.8 Å². The Morgan fingerprint density at radius 2 is 2.16 bits per heavy atom. The summed E-state index contributed by atoms with van der Waals surface area (Å²) in [6, 6.07) is 7.88. The fraction of sp³-hybridized carbons (Fsp3) is 0.520. The van der Waals surface area contributed by atoms with Crippen molar-refractivity contribution >= 4 is 17.0 Å². The number of piperidine rings is 3. The van der Waals surface area contributed by atoms with Crippen LogP contribution in [0, 0.1) is 11.8 Å². The Hall–Kier alpha value is -2.60. The molecule has 0 spiro atoms. The van der Waals surface area contributed by atoms with Crippen LogP contribution in [0.4, 0.5) is 4.79 Å². The highest BCUT2D eigenvalue weighted by molar-refractivity contribution is 5.84. The molecule has 5 rings (SSSR count). The molecule has 0 aliphatic carbocycles. The van der Waals surface area contributed by atoms with Gasteiger partial charge in [0.1, 0.15) is 11.4 Å². The van der Waals surface area contributed by atoms with E-state index in [9.17, 15) is 4.79 Å². The summed E-state index contributed by atoms with van der Waals surface area (Å²) in [4.78, 5) is 19.9. The van der Waals surface area contributed by atoms with Gasteiger partial charge in [0.25, 0.3) is 0 Å². The topological polar surface area (TPSA) is 63.7 Å². The van der Waals surface area contributed by atoms with Crippen LogP contribution in [0.5, 0.6) is 5.75 Å². The van der Waals surface area contributed by atoms with Gasteiger partial charge in [-0.05, 0) is 81.8 Å². The van der Waals surface area contributed by atoms with Crippen LogP contribution in [0.1, 0.15) is 45.2 Å². The molecule has 6 heteroatoms. The normalized spacial score (nSPS) is 26.3. The average Bonchev–Trinajstić information content (AvgIpc) is 2.75. The minimum Gasteiger partial charge on any atom is -0.497 e. The van der Waals surface area contributed by atoms with Gasteiger partial charge in [0.2, 0.25) is 0 Å². The van der Waals surface area contributed by atoms with Crippen LogP contribution in [-0.2, 0) is 4.74 Å². The second-order valence-corrected chi connectivity index (χ2v) is 9.65. The molecule has 2 bridgehead atoms. The quantitative estimate of drug-likeness (QED) is 0.706. The van der Waals surface area contributed by atoms with Gasteiger partial charge in [-0.25, -0.2) is 4.79 Å². The number of nitrogens with one attached hydrogen (secondary N) is 1. The predicted octanol–water partition coefficient (Wildman–Crippen LogP) is 4.71. The monoisotopic (exact) mass is 423 g/mol. The van der Waals surface area contributed by atoms with Crippen LogP contribution in [0.3, 0.4) is 0 Å². The highest BCUT2D eigenvalue weighted by Gasteiger charge is 2.43. The summed E-state index contributed by atoms with van der Waals surface area (Å²) in [7, 11) is 1.66. The van der Waals surface area contributed by atoms with E-state index in [1.54, 1.807) is 7.11 Å². The number of ether oxygens (including phenoxy) is 2. The second kappa shape index (κ2) is 8.50. The molecule has 1 N–H and O–H groups in total. The lowest BCUT2D eigenvalue weighted by molar-refractivity contribution is -0.00351. The van der Waals surface area contributed by atoms with Gasteiger partial charge >= 0.3 is 6.09 Å². The number of pyridine rings is 1. The summed E-state index contributed by atoms with van der Waals surface area (Å²) in [5, 5.41) is 4.20. The summed E-state index contributed by atoms with van der Waals surface area (Å²) < 4.78 is 11.1. The first-order chi connectivity index (χ1) is 14.8. The molecule has 3 saturated heterocycles. The van der Waals surface area contributed by atoms with Gasteiger partial charge in [0.05, 0.1) is 18.7 Å². The number of methoxy groups -OCH3 is 1. The summed E-state index contributed by atoms with van der Waals surface area (Å²) >= 11 is 0. The molecule has 0 saturated carbocycles. The van der Waals surface area contributed by atoms with Gasteiger partial charge in [-0.15, -0.1) is 6.58 Å². The van der Waals surface area contributed by atoms with Crippen molar-refractivity contribution < 1.29 is 14.3 Å². The largest absolute Gasteiger partial charge is 0.497 e. The molecular formula is C25H33N3O3. The number of hydrogen-bond acceptors (Lipinski definition) is 5. The zero-order valence-corrected chi connectivity index (χ0v) is 18.9. The van der Waals surface area contributed by atoms with Crippen molar-refractivity contribution in [3.63, 3.8) is 0 Å². The number of amides is 1. The smallest absolute Gasteiger partial charge is 0.408 e. The van der Waals surface area contributed by atoms with Crippen molar-refractivity contribution in [2.24, 2.45) is 11.8 Å². The highest BCUT2D eigenvalue weighted by atomic mass is 16.6. The van der Waals surface area contributed by atoms with Gasteiger partial charge in [-0.3, -0.25) is 9.88 Å². The maximum Gasteiger partial charge on any atom is 0.408 e. The first-order valence-electron chi connectivity index (χ1n) is 11.1. The number of alkyl carbamates (subject to hydrolysis) is 1. The zero-order chi connectivity index (χ0) is 22.2. The van der Waals surface area contributed by atoms with Gasteiger partial charge in [0, 0.05) is 24.2 Å². The molecule has 3 aliphatic heterocycles. The molecule has 166 valence electrons. The Balaban J connectivity index is 1.74. The lowest BCUT2D eigenvalue weighted by Gasteiger charge is -2.51. The Morgan fingerprint density at radius 1 is 1.35 bits per heavy atom. The van der Waals surface area contributed by atoms with E-state index in [1.165, 1.54) is 6.42 Å². The van der Waals surface area contributed by atoms with Crippen molar-refractivity contribution in [3.05, 3.63) is 48.7 Å². The van der Waals surface area contributed by atoms with E-state index in [0.29, 0.717) is 11.8 Å². The van der Waals surface area contributed by atoms with E-state index in [4.69, 9.17) is 9.47 Å². The van der Waals surface area contributed by atoms with Gasteiger partial charge < -0.3 is 14.8 Å². The molecule has 2 aromatic rings. The summed E-state index contributed by atoms with van der Waals surface area (Å²) in [6.45, 7) is 11.7. The van der Waals surface area contributed by atoms with Gasteiger partial charge in [-0.2, -0.15) is 0 Å². The number of aromatic nitrogens is 1. The first-order valence-corrected chi connectivity index (χ1v) is 11.1. The summed E-state index contributed by atoms with van der Waals surface area (Å²) in [5.41, 5.74) is 1.37. The van der Waals surface area contributed by atoms with Crippen molar-refractivity contribution in [2.45, 2.75) is 51.3 Å². The molecule has 1 unspecified atom stereocenters. The number of carbonyl (C=O) groups excluding carboxylic acids is 1. The molecule has 3 aliphatic rings. The van der Waals surface area contributed by atoms with E-state index in [-0.39, 0.29) is 12.1 Å². The number of fused-ring (bicyclic) bond motifs is 4. The predicted molar refractivity (Wildman–Crippen MR) is 122 cm³/mol. The lowest BCUT2D eigenvalue weighted by atomic mass is 9.73. The Labute approximate surface area is 184 Å². The van der Waals surface area contributed by atoms with Crippen LogP contribution in [0.15, 0.2) is 43.1 Å². The molecule has 1 aromatic heterocycles. The fourth-order valence-corrected chi connectivity index (χ4v) is 5.08. The summed E-state index contributed by atoms with van der Waals surface area (Å²) in [6.07, 6.45) is 5.71. The van der Waals surface area contributed by atoms with Crippen molar-refractivity contribution in [3.8, 4) is 5.75 Å². The molecule has 1 aromatic carbocycles. The second-order valence-electron chi connectivity index (χ2n) is 9.65. The number of carbonyl (C=O) groups is 1. The van der Waals surface area contributed by atoms with E-state index in [0.717, 1.165) is 41.7 Å². The standard InChI is InChI=1S/C25H33N3O3/c1-6-16-15-28-12-10-17(16)13-22(28)23(27-24(29)31-25(2,3)4)19-9-11-26-21-8-7-18(30-5)14-20(19)21/h6-9,11,14,16-17,22-23H,1,10,12-13,15H2,2-5H3,(H,27,29)/t16-,17-,22+,23-/m0/s1. The Morgan fingerprint density at radius 3 is 2.81 bits per heavy atom. The first kappa shape index (κ1) is 21.6. The number of nitrogens with zero attached hydrogens (tertiary/aromatic N) is 2. The maximum atomic E-state index is 12.9. The van der Waals surface area contributed by atoms with Crippen LogP contribution in [0.25, 0.3) is 10.9 Å². The van der Waals surface area contributed by atoms with E-state index in [2.05, 4.69) is 27.9 Å². The van der Waals surface area contributed by atoms with Gasteiger partial charge in [0.15, 0.2) is 0 Å². The average molecular weight is 424 g/mol. The molecular weight excluding hydrogens is 390 g/mol. The van der Waals surface area contributed by atoms with Crippen molar-refractivity contribution in [1.29, 1.82) is 0 Å². The SMILES string of the molecule is C=C[C@H]1CN2CC[C@H]1C[C@@H]2[C@@H](NC(=O)OC(C)(C)C)c1ccnc2ccc(OC)cc12. The fourth-order valence-electron chi connectivity index (χ4n) is 5.08. The third-order valence-electron chi connectivity index (χ3n) is 6.53. The van der Waals surface area contributed by atoms with Crippen molar-refractivity contribution in [1.82, 2.24) is 15.2 Å². The third-order valence-corrected chi connectivity index (χ3v) is 6.53. The van der Waals surface area contributed by atoms with E-state index in [1.807, 2.05) is 51.2 Å². The molecule has 31 heavy (non-hydrogen) atoms. The minimum atomic E-state index is -0.558. The molecule has 1 amide bonds. The minimum absolute atomic E-state index is 0.194. The van der Waals surface area contributed by atoms with E-state index < -0.39 is 11.7 Å². The Bertz CT molecular complexity index is 968. The number of benzene rings is 1. The lowest BCUT2D eigenvalue weighted by Crippen LogP contribution is -2.57. The van der Waals surface area contributed by atoms with Crippen LogP contribution < -0.4 is 10.1 Å². The Kier molecular flexibility index (Phi) is 5.93. The number of hydrogen-bond donors (Lipinski definition) is 1. The molecule has 4 heterocycles.